The number of para-hydroxylation sites is 3. The van der Waals surface area contributed by atoms with Crippen molar-refractivity contribution in [3.8, 4) is 11.5 Å². The number of aromatic nitrogens is 2. The number of benzene rings is 2. The Kier molecular flexibility index (Phi) is 10.1. The quantitative estimate of drug-likeness (QED) is 0.200. The van der Waals surface area contributed by atoms with E-state index in [1.807, 2.05) is 18.2 Å². The Bertz CT molecular complexity index is 1470. The third kappa shape index (κ3) is 7.16. The van der Waals surface area contributed by atoms with Crippen LogP contribution in [0.3, 0.4) is 0 Å². The molecule has 13 heteroatoms. The summed E-state index contributed by atoms with van der Waals surface area (Å²) < 4.78 is 53.6. The van der Waals surface area contributed by atoms with Crippen LogP contribution < -0.4 is 14.4 Å². The van der Waals surface area contributed by atoms with Gasteiger partial charge in [0.1, 0.15) is 17.3 Å². The Labute approximate surface area is 254 Å². The van der Waals surface area contributed by atoms with E-state index in [4.69, 9.17) is 23.4 Å². The lowest BCUT2D eigenvalue weighted by molar-refractivity contribution is -0.0507. The number of hydrogen-bond donors (Lipinski definition) is 0. The molecule has 44 heavy (non-hydrogen) atoms. The zero-order valence-electron chi connectivity index (χ0n) is 24.8. The molecule has 2 aromatic carbocycles. The lowest BCUT2D eigenvalue weighted by atomic mass is 9.79. The topological polar surface area (TPSA) is 112 Å². The first-order valence-electron chi connectivity index (χ1n) is 14.4. The van der Waals surface area contributed by atoms with Crippen LogP contribution >= 0.6 is 0 Å². The molecule has 0 amide bonds. The highest BCUT2D eigenvalue weighted by Gasteiger charge is 2.41. The van der Waals surface area contributed by atoms with Crippen LogP contribution in [0.5, 0.6) is 11.5 Å². The van der Waals surface area contributed by atoms with Crippen molar-refractivity contribution in [1.29, 1.82) is 0 Å². The highest BCUT2D eigenvalue weighted by atomic mass is 19.3. The molecule has 234 valence electrons. The maximum absolute atomic E-state index is 13.3. The van der Waals surface area contributed by atoms with Gasteiger partial charge in [0, 0.05) is 44.0 Å². The Balaban J connectivity index is 1.21. The Morgan fingerprint density at radius 3 is 2.45 bits per heavy atom. The van der Waals surface area contributed by atoms with Crippen molar-refractivity contribution >= 4 is 17.6 Å². The van der Waals surface area contributed by atoms with E-state index in [9.17, 15) is 13.6 Å². The molecule has 0 N–H and O–H groups in total. The highest BCUT2D eigenvalue weighted by molar-refractivity contribution is 5.91. The number of rotatable bonds is 11. The molecule has 1 fully saturated rings. The summed E-state index contributed by atoms with van der Waals surface area (Å²) in [5.74, 6) is -0.416. The molecular weight excluding hydrogens is 576 g/mol. The molecule has 5 rings (SSSR count). The normalized spacial score (nSPS) is 19.1. The number of halogens is 2. The minimum Gasteiger partial charge on any atom is -0.495 e. The van der Waals surface area contributed by atoms with E-state index in [1.54, 1.807) is 39.2 Å². The van der Waals surface area contributed by atoms with Crippen LogP contribution in [-0.2, 0) is 9.47 Å². The lowest BCUT2D eigenvalue weighted by Crippen LogP contribution is -2.46. The second kappa shape index (κ2) is 14.3. The van der Waals surface area contributed by atoms with Gasteiger partial charge >= 0.3 is 12.8 Å². The minimum absolute atomic E-state index is 0.0696. The van der Waals surface area contributed by atoms with Crippen molar-refractivity contribution in [3.05, 3.63) is 77.8 Å². The van der Waals surface area contributed by atoms with Gasteiger partial charge in [-0.25, -0.2) is 4.79 Å². The fourth-order valence-electron chi connectivity index (χ4n) is 5.71. The molecule has 11 nitrogen and oxygen atoms in total. The number of alkyl halides is 2. The van der Waals surface area contributed by atoms with Crippen LogP contribution in [0.15, 0.2) is 75.8 Å². The molecule has 0 aliphatic carbocycles. The third-order valence-electron chi connectivity index (χ3n) is 7.71. The number of carbonyl (C=O) groups excluding carboxylic acids is 1. The molecule has 1 saturated heterocycles. The third-order valence-corrected chi connectivity index (χ3v) is 7.71. The average molecular weight is 612 g/mol. The van der Waals surface area contributed by atoms with E-state index >= 15 is 0 Å². The molecular formula is C31H35F2N5O6. The second-order valence-electron chi connectivity index (χ2n) is 10.4. The molecule has 2 atom stereocenters. The van der Waals surface area contributed by atoms with Gasteiger partial charge in [-0.05, 0) is 38.5 Å². The van der Waals surface area contributed by atoms with Gasteiger partial charge in [0.25, 0.3) is 0 Å². The second-order valence-corrected chi connectivity index (χ2v) is 10.4. The van der Waals surface area contributed by atoms with Crippen LogP contribution in [0.2, 0.25) is 0 Å². The van der Waals surface area contributed by atoms with E-state index in [0.29, 0.717) is 23.4 Å². The van der Waals surface area contributed by atoms with Crippen molar-refractivity contribution in [1.82, 2.24) is 15.1 Å². The summed E-state index contributed by atoms with van der Waals surface area (Å²) in [5.41, 5.74) is 2.39. The summed E-state index contributed by atoms with van der Waals surface area (Å²) >= 11 is 0. The van der Waals surface area contributed by atoms with Gasteiger partial charge < -0.3 is 28.3 Å². The number of ether oxygens (including phenoxy) is 4. The Hall–Kier alpha value is -4.52. The predicted molar refractivity (Wildman–Crippen MR) is 157 cm³/mol. The van der Waals surface area contributed by atoms with Crippen LogP contribution in [0.4, 0.5) is 19.3 Å². The molecule has 0 spiro atoms. The SMILES string of the molecule is COc1ccccc1N1CCN(CCCOC(=O)OC2=C(C)N=C(C)C(c3nnco3)C2c2ccccc2OC(F)F)CC1. The first-order chi connectivity index (χ1) is 21.4. The van der Waals surface area contributed by atoms with Crippen molar-refractivity contribution in [3.63, 3.8) is 0 Å². The van der Waals surface area contributed by atoms with Crippen molar-refractivity contribution in [2.24, 2.45) is 4.99 Å². The number of anilines is 1. The summed E-state index contributed by atoms with van der Waals surface area (Å²) in [6.07, 6.45) is 0.856. The standard InChI is InChI=1S/C31H35F2N5O6/c1-20-26(29-36-34-19-42-29)27(22-9-4-6-11-24(22)43-30(32)33)28(21(2)35-20)44-31(39)41-18-8-13-37-14-16-38(17-15-37)23-10-5-7-12-25(23)40-3/h4-7,9-12,19,26-27,30H,8,13-18H2,1-3H3. The minimum atomic E-state index is -3.06. The summed E-state index contributed by atoms with van der Waals surface area (Å²) in [5, 5.41) is 7.80. The zero-order chi connectivity index (χ0) is 31.1. The maximum atomic E-state index is 13.3. The lowest BCUT2D eigenvalue weighted by Gasteiger charge is -2.36. The smallest absolute Gasteiger partial charge is 0.495 e. The summed E-state index contributed by atoms with van der Waals surface area (Å²) in [7, 11) is 1.67. The summed E-state index contributed by atoms with van der Waals surface area (Å²) in [6.45, 7) is 4.71. The van der Waals surface area contributed by atoms with Gasteiger partial charge in [0.2, 0.25) is 12.3 Å². The van der Waals surface area contributed by atoms with Crippen LogP contribution in [0.1, 0.15) is 43.6 Å². The molecule has 0 bridgehead atoms. The summed E-state index contributed by atoms with van der Waals surface area (Å²) in [4.78, 5) is 22.1. The summed E-state index contributed by atoms with van der Waals surface area (Å²) in [6, 6.07) is 14.3. The molecule has 3 heterocycles. The van der Waals surface area contributed by atoms with Crippen molar-refractivity contribution < 1.29 is 36.9 Å². The van der Waals surface area contributed by atoms with Crippen LogP contribution in [-0.4, -0.2) is 80.0 Å². The molecule has 1 aromatic heterocycles. The van der Waals surface area contributed by atoms with E-state index in [2.05, 4.69) is 31.1 Å². The average Bonchev–Trinajstić information content (AvgIpc) is 3.55. The van der Waals surface area contributed by atoms with E-state index in [1.165, 1.54) is 12.5 Å². The number of methoxy groups -OCH3 is 1. The maximum Gasteiger partial charge on any atom is 0.513 e. The Morgan fingerprint density at radius 1 is 1.02 bits per heavy atom. The number of nitrogens with zero attached hydrogens (tertiary/aromatic N) is 5. The molecule has 2 aliphatic heterocycles. The number of piperazine rings is 1. The number of allylic oxidation sites excluding steroid dienone is 2. The van der Waals surface area contributed by atoms with Gasteiger partial charge in [-0.3, -0.25) is 9.89 Å². The fraction of sp³-hybridized carbons (Fsp3) is 0.419. The van der Waals surface area contributed by atoms with Crippen molar-refractivity contribution in [2.75, 3.05) is 51.3 Å². The van der Waals surface area contributed by atoms with Crippen LogP contribution in [0.25, 0.3) is 0 Å². The molecule has 0 radical (unpaired) electrons. The number of aliphatic imine (C=N–C) groups is 1. The van der Waals surface area contributed by atoms with Gasteiger partial charge in [-0.1, -0.05) is 30.3 Å². The highest BCUT2D eigenvalue weighted by Crippen LogP contribution is 2.47. The predicted octanol–water partition coefficient (Wildman–Crippen LogP) is 5.62. The fourth-order valence-corrected chi connectivity index (χ4v) is 5.71. The van der Waals surface area contributed by atoms with Gasteiger partial charge in [-0.15, -0.1) is 10.2 Å². The first kappa shape index (κ1) is 30.9. The monoisotopic (exact) mass is 611 g/mol. The zero-order valence-corrected chi connectivity index (χ0v) is 24.8. The van der Waals surface area contributed by atoms with Gasteiger partial charge in [0.15, 0.2) is 0 Å². The Morgan fingerprint density at radius 2 is 1.75 bits per heavy atom. The number of carbonyl (C=O) groups is 1. The largest absolute Gasteiger partial charge is 0.513 e. The van der Waals surface area contributed by atoms with Crippen LogP contribution in [0, 0.1) is 0 Å². The molecule has 2 aliphatic rings. The number of hydrogen-bond acceptors (Lipinski definition) is 11. The van der Waals surface area contributed by atoms with E-state index in [-0.39, 0.29) is 24.0 Å². The van der Waals surface area contributed by atoms with E-state index < -0.39 is 24.6 Å². The van der Waals surface area contributed by atoms with Crippen molar-refractivity contribution in [2.45, 2.75) is 38.7 Å². The first-order valence-corrected chi connectivity index (χ1v) is 14.4. The molecule has 2 unspecified atom stereocenters. The van der Waals surface area contributed by atoms with E-state index in [0.717, 1.165) is 44.2 Å². The van der Waals surface area contributed by atoms with Gasteiger partial charge in [0.05, 0.1) is 36.9 Å². The molecule has 3 aromatic rings. The molecule has 0 saturated carbocycles. The van der Waals surface area contributed by atoms with Gasteiger partial charge in [-0.2, -0.15) is 8.78 Å².